The molecule has 0 bridgehead atoms. The number of carbonyl (C=O) groups excluding carboxylic acids is 3. The average Bonchev–Trinajstić information content (AvgIpc) is 2.84. The van der Waals surface area contributed by atoms with Crippen molar-refractivity contribution < 1.29 is 19.1 Å². The lowest BCUT2D eigenvalue weighted by Gasteiger charge is -2.17. The molecule has 0 unspecified atom stereocenters. The predicted molar refractivity (Wildman–Crippen MR) is 131 cm³/mol. The van der Waals surface area contributed by atoms with E-state index in [2.05, 4.69) is 10.6 Å². The first-order valence-electron chi connectivity index (χ1n) is 10.7. The van der Waals surface area contributed by atoms with Crippen LogP contribution in [-0.2, 0) is 27.3 Å². The Kier molecular flexibility index (Phi) is 8.79. The number of nitrogens with two attached hydrogens (primary N) is 1. The summed E-state index contributed by atoms with van der Waals surface area (Å²) in [5.41, 5.74) is 9.36. The summed E-state index contributed by atoms with van der Waals surface area (Å²) in [4.78, 5) is 36.0. The quantitative estimate of drug-likeness (QED) is 0.387. The molecule has 3 aromatic carbocycles. The standard InChI is InChI=1S/C26H26ClN3O4/c1-34-26(33)23(30-25(32)21-8-4-5-9-22(21)27)14-17-10-12-18(13-11-17)20-7-3-2-6-19(20)15-29-16-24(28)31/h2-13,23,29H,14-16H2,1H3,(H2,28,31)(H,30,32)/t23-/m0/s1. The summed E-state index contributed by atoms with van der Waals surface area (Å²) < 4.78 is 4.89. The topological polar surface area (TPSA) is 111 Å². The number of hydrogen-bond acceptors (Lipinski definition) is 5. The Morgan fingerprint density at radius 3 is 2.32 bits per heavy atom. The van der Waals surface area contributed by atoms with E-state index in [1.165, 1.54) is 7.11 Å². The first kappa shape index (κ1) is 25.0. The van der Waals surface area contributed by atoms with E-state index < -0.39 is 23.8 Å². The second-order valence-electron chi connectivity index (χ2n) is 7.66. The van der Waals surface area contributed by atoms with Crippen molar-refractivity contribution in [1.29, 1.82) is 0 Å². The Morgan fingerprint density at radius 2 is 1.65 bits per heavy atom. The normalized spacial score (nSPS) is 11.5. The van der Waals surface area contributed by atoms with Crippen LogP contribution >= 0.6 is 11.6 Å². The van der Waals surface area contributed by atoms with Crippen molar-refractivity contribution in [3.05, 3.63) is 94.5 Å². The van der Waals surface area contributed by atoms with E-state index in [4.69, 9.17) is 22.1 Å². The largest absolute Gasteiger partial charge is 0.467 e. The number of esters is 1. The molecule has 0 saturated heterocycles. The van der Waals surface area contributed by atoms with Crippen LogP contribution in [0.2, 0.25) is 5.02 Å². The minimum absolute atomic E-state index is 0.0993. The van der Waals surface area contributed by atoms with Crippen molar-refractivity contribution >= 4 is 29.4 Å². The van der Waals surface area contributed by atoms with Crippen LogP contribution in [-0.4, -0.2) is 37.5 Å². The molecular formula is C26H26ClN3O4. The van der Waals surface area contributed by atoms with Gasteiger partial charge in [0.25, 0.3) is 5.91 Å². The third kappa shape index (κ3) is 6.66. The van der Waals surface area contributed by atoms with Crippen LogP contribution < -0.4 is 16.4 Å². The molecule has 8 heteroatoms. The fraction of sp³-hybridized carbons (Fsp3) is 0.192. The van der Waals surface area contributed by atoms with Crippen molar-refractivity contribution in [3.63, 3.8) is 0 Å². The van der Waals surface area contributed by atoms with E-state index in [9.17, 15) is 14.4 Å². The first-order chi connectivity index (χ1) is 16.4. The van der Waals surface area contributed by atoms with Crippen molar-refractivity contribution in [2.24, 2.45) is 5.73 Å². The number of benzene rings is 3. The fourth-order valence-corrected chi connectivity index (χ4v) is 3.77. The van der Waals surface area contributed by atoms with Gasteiger partial charge in [0.05, 0.1) is 24.2 Å². The number of ether oxygens (including phenoxy) is 1. The average molecular weight is 480 g/mol. The maximum atomic E-state index is 12.7. The Bertz CT molecular complexity index is 1160. The van der Waals surface area contributed by atoms with E-state index in [1.807, 2.05) is 48.5 Å². The Labute approximate surface area is 203 Å². The van der Waals surface area contributed by atoms with Gasteiger partial charge in [0.15, 0.2) is 0 Å². The number of primary amides is 1. The molecule has 0 aliphatic carbocycles. The molecule has 0 spiro atoms. The number of halogens is 1. The minimum atomic E-state index is -0.870. The lowest BCUT2D eigenvalue weighted by atomic mass is 9.97. The lowest BCUT2D eigenvalue weighted by Crippen LogP contribution is -2.43. The Hall–Kier alpha value is -3.68. The molecule has 2 amide bonds. The maximum Gasteiger partial charge on any atom is 0.328 e. The van der Waals surface area contributed by atoms with E-state index >= 15 is 0 Å². The molecule has 7 nitrogen and oxygen atoms in total. The zero-order chi connectivity index (χ0) is 24.5. The molecule has 0 aromatic heterocycles. The van der Waals surface area contributed by atoms with Crippen molar-refractivity contribution in [2.75, 3.05) is 13.7 Å². The fourth-order valence-electron chi connectivity index (χ4n) is 3.55. The molecule has 3 aromatic rings. The summed E-state index contributed by atoms with van der Waals surface area (Å²) in [5.74, 6) is -1.41. The van der Waals surface area contributed by atoms with Gasteiger partial charge in [0.1, 0.15) is 6.04 Å². The molecule has 0 aliphatic rings. The van der Waals surface area contributed by atoms with Gasteiger partial charge in [-0.2, -0.15) is 0 Å². The predicted octanol–water partition coefficient (Wildman–Crippen LogP) is 3.10. The molecule has 176 valence electrons. The lowest BCUT2D eigenvalue weighted by molar-refractivity contribution is -0.142. The molecule has 0 fully saturated rings. The zero-order valence-electron chi connectivity index (χ0n) is 18.7. The van der Waals surface area contributed by atoms with Crippen molar-refractivity contribution in [3.8, 4) is 11.1 Å². The van der Waals surface area contributed by atoms with Crippen LogP contribution in [0.3, 0.4) is 0 Å². The van der Waals surface area contributed by atoms with Gasteiger partial charge in [-0.05, 0) is 34.4 Å². The van der Waals surface area contributed by atoms with Crippen LogP contribution in [0.4, 0.5) is 0 Å². The molecule has 0 aliphatic heterocycles. The highest BCUT2D eigenvalue weighted by atomic mass is 35.5. The monoisotopic (exact) mass is 479 g/mol. The van der Waals surface area contributed by atoms with Gasteiger partial charge in [-0.15, -0.1) is 0 Å². The second kappa shape index (κ2) is 12.0. The van der Waals surface area contributed by atoms with Crippen molar-refractivity contribution in [1.82, 2.24) is 10.6 Å². The van der Waals surface area contributed by atoms with Gasteiger partial charge in [-0.3, -0.25) is 9.59 Å². The summed E-state index contributed by atoms with van der Waals surface area (Å²) in [5, 5.41) is 6.05. The first-order valence-corrected chi connectivity index (χ1v) is 11.1. The second-order valence-corrected chi connectivity index (χ2v) is 8.06. The van der Waals surface area contributed by atoms with Gasteiger partial charge in [-0.1, -0.05) is 72.3 Å². The van der Waals surface area contributed by atoms with E-state index in [0.29, 0.717) is 11.6 Å². The summed E-state index contributed by atoms with van der Waals surface area (Å²) in [7, 11) is 1.28. The number of hydrogen-bond donors (Lipinski definition) is 3. The van der Waals surface area contributed by atoms with E-state index in [0.717, 1.165) is 22.3 Å². The van der Waals surface area contributed by atoms with E-state index in [-0.39, 0.29) is 18.5 Å². The van der Waals surface area contributed by atoms with Gasteiger partial charge < -0.3 is 21.1 Å². The summed E-state index contributed by atoms with van der Waals surface area (Å²) >= 11 is 6.11. The number of nitrogens with one attached hydrogen (secondary N) is 2. The SMILES string of the molecule is COC(=O)[C@H](Cc1ccc(-c2ccccc2CNCC(N)=O)cc1)NC(=O)c1ccccc1Cl. The molecule has 3 rings (SSSR count). The third-order valence-electron chi connectivity index (χ3n) is 5.25. The Morgan fingerprint density at radius 1 is 0.971 bits per heavy atom. The molecule has 0 saturated carbocycles. The van der Waals surface area contributed by atoms with Gasteiger partial charge in [0.2, 0.25) is 5.91 Å². The van der Waals surface area contributed by atoms with Crippen LogP contribution in [0.1, 0.15) is 21.5 Å². The summed E-state index contributed by atoms with van der Waals surface area (Å²) in [6.07, 6.45) is 0.255. The van der Waals surface area contributed by atoms with Gasteiger partial charge in [0, 0.05) is 13.0 Å². The highest BCUT2D eigenvalue weighted by molar-refractivity contribution is 6.33. The smallest absolute Gasteiger partial charge is 0.328 e. The maximum absolute atomic E-state index is 12.7. The third-order valence-corrected chi connectivity index (χ3v) is 5.58. The van der Waals surface area contributed by atoms with Crippen LogP contribution in [0.15, 0.2) is 72.8 Å². The summed E-state index contributed by atoms with van der Waals surface area (Å²) in [6, 6.07) is 21.3. The van der Waals surface area contributed by atoms with Crippen molar-refractivity contribution in [2.45, 2.75) is 19.0 Å². The number of carbonyl (C=O) groups is 3. The molecule has 34 heavy (non-hydrogen) atoms. The highest BCUT2D eigenvalue weighted by Gasteiger charge is 2.23. The van der Waals surface area contributed by atoms with Crippen LogP contribution in [0.25, 0.3) is 11.1 Å². The number of rotatable bonds is 10. The summed E-state index contributed by atoms with van der Waals surface area (Å²) in [6.45, 7) is 0.599. The molecular weight excluding hydrogens is 454 g/mol. The zero-order valence-corrected chi connectivity index (χ0v) is 19.5. The van der Waals surface area contributed by atoms with Gasteiger partial charge >= 0.3 is 5.97 Å². The van der Waals surface area contributed by atoms with E-state index in [1.54, 1.807) is 24.3 Å². The molecule has 0 radical (unpaired) electrons. The molecule has 0 heterocycles. The Balaban J connectivity index is 1.74. The van der Waals surface area contributed by atoms with Crippen LogP contribution in [0.5, 0.6) is 0 Å². The van der Waals surface area contributed by atoms with Gasteiger partial charge in [-0.25, -0.2) is 4.79 Å². The number of amides is 2. The highest BCUT2D eigenvalue weighted by Crippen LogP contribution is 2.24. The molecule has 1 atom stereocenters. The number of methoxy groups -OCH3 is 1. The molecule has 4 N–H and O–H groups in total. The van der Waals surface area contributed by atoms with Crippen LogP contribution in [0, 0.1) is 0 Å². The minimum Gasteiger partial charge on any atom is -0.467 e.